The highest BCUT2D eigenvalue weighted by Crippen LogP contribution is 2.37. The number of para-hydroxylation sites is 1. The Hall–Kier alpha value is -2.61. The lowest BCUT2D eigenvalue weighted by molar-refractivity contribution is -0.118. The van der Waals surface area contributed by atoms with Crippen LogP contribution in [0.25, 0.3) is 11.0 Å². The van der Waals surface area contributed by atoms with Gasteiger partial charge in [-0.3, -0.25) is 18.8 Å². The van der Waals surface area contributed by atoms with Crippen LogP contribution in [-0.4, -0.2) is 37.0 Å². The Morgan fingerprint density at radius 2 is 2.15 bits per heavy atom. The lowest BCUT2D eigenvalue weighted by Crippen LogP contribution is -2.33. The second-order valence-electron chi connectivity index (χ2n) is 6.73. The highest BCUT2D eigenvalue weighted by Gasteiger charge is 2.24. The van der Waals surface area contributed by atoms with Gasteiger partial charge in [0, 0.05) is 36.7 Å². The van der Waals surface area contributed by atoms with E-state index in [0.29, 0.717) is 29.4 Å². The number of nitrogens with zero attached hydrogens (tertiary/aromatic N) is 5. The fraction of sp³-hybridized carbons (Fsp3) is 0.368. The summed E-state index contributed by atoms with van der Waals surface area (Å²) in [4.78, 5) is 32.8. The van der Waals surface area contributed by atoms with Crippen molar-refractivity contribution < 1.29 is 4.79 Å². The van der Waals surface area contributed by atoms with Crippen molar-refractivity contribution in [3.05, 3.63) is 47.1 Å². The Kier molecular flexibility index (Phi) is 4.73. The van der Waals surface area contributed by atoms with E-state index < -0.39 is 0 Å². The van der Waals surface area contributed by atoms with Crippen LogP contribution in [0.5, 0.6) is 0 Å². The third-order valence-corrected chi connectivity index (χ3v) is 6.07. The van der Waals surface area contributed by atoms with Gasteiger partial charge in [-0.15, -0.1) is 11.8 Å². The number of aryl methyl sites for hydroxylation is 2. The Bertz CT molecular complexity index is 1060. The molecule has 1 amide bonds. The van der Waals surface area contributed by atoms with Crippen molar-refractivity contribution in [3.63, 3.8) is 0 Å². The number of thioether (sulfide) groups is 1. The highest BCUT2D eigenvalue weighted by atomic mass is 32.2. The Labute approximate surface area is 161 Å². The van der Waals surface area contributed by atoms with E-state index in [4.69, 9.17) is 0 Å². The summed E-state index contributed by atoms with van der Waals surface area (Å²) in [6.45, 7) is 3.18. The zero-order valence-corrected chi connectivity index (χ0v) is 16.1. The second kappa shape index (κ2) is 7.19. The van der Waals surface area contributed by atoms with Gasteiger partial charge >= 0.3 is 0 Å². The summed E-state index contributed by atoms with van der Waals surface area (Å²) in [5.74, 6) is 0.0235. The van der Waals surface area contributed by atoms with E-state index in [0.717, 1.165) is 17.0 Å². The number of carbonyl (C=O) groups is 1. The summed E-state index contributed by atoms with van der Waals surface area (Å²) < 4.78 is 3.06. The third-order valence-electron chi connectivity index (χ3n) is 4.83. The maximum Gasteiger partial charge on any atom is 0.264 e. The number of aromatic nitrogens is 4. The van der Waals surface area contributed by atoms with Crippen LogP contribution in [0.3, 0.4) is 0 Å². The second-order valence-corrected chi connectivity index (χ2v) is 8.21. The summed E-state index contributed by atoms with van der Waals surface area (Å²) in [7, 11) is 1.75. The first-order valence-electron chi connectivity index (χ1n) is 8.98. The standard InChI is InChI=1S/C19H21N5O2S/c1-13-7-10-24(15-5-3-4-6-16(15)27-13)17(25)8-9-23-12-20-18-14(19(23)26)11-21-22(18)2/h3-6,11-13H,7-10H2,1-2H3/t13-/m1/s1. The molecule has 140 valence electrons. The van der Waals surface area contributed by atoms with Gasteiger partial charge in [-0.25, -0.2) is 4.98 Å². The predicted octanol–water partition coefficient (Wildman–Crippen LogP) is 2.44. The molecule has 0 radical (unpaired) electrons. The van der Waals surface area contributed by atoms with Crippen LogP contribution >= 0.6 is 11.8 Å². The quantitative estimate of drug-likeness (QED) is 0.695. The molecule has 3 aromatic rings. The lowest BCUT2D eigenvalue weighted by Gasteiger charge is -2.22. The van der Waals surface area contributed by atoms with Crippen molar-refractivity contribution in [1.29, 1.82) is 0 Å². The van der Waals surface area contributed by atoms with E-state index in [1.165, 1.54) is 17.1 Å². The monoisotopic (exact) mass is 383 g/mol. The number of hydrogen-bond acceptors (Lipinski definition) is 5. The normalized spacial score (nSPS) is 17.0. The first-order valence-corrected chi connectivity index (χ1v) is 9.86. The minimum absolute atomic E-state index is 0.0235. The summed E-state index contributed by atoms with van der Waals surface area (Å²) >= 11 is 1.81. The lowest BCUT2D eigenvalue weighted by atomic mass is 10.2. The maximum atomic E-state index is 12.9. The molecule has 0 bridgehead atoms. The molecule has 1 aromatic carbocycles. The van der Waals surface area contributed by atoms with Gasteiger partial charge < -0.3 is 4.90 Å². The number of anilines is 1. The molecule has 7 nitrogen and oxygen atoms in total. The molecule has 0 saturated heterocycles. The molecule has 0 N–H and O–H groups in total. The third kappa shape index (κ3) is 3.37. The predicted molar refractivity (Wildman–Crippen MR) is 106 cm³/mol. The molecule has 0 spiro atoms. The average molecular weight is 383 g/mol. The largest absolute Gasteiger partial charge is 0.311 e. The van der Waals surface area contributed by atoms with Gasteiger partial charge in [-0.2, -0.15) is 5.10 Å². The Balaban J connectivity index is 1.55. The van der Waals surface area contributed by atoms with Crippen molar-refractivity contribution in [3.8, 4) is 0 Å². The molecule has 1 atom stereocenters. The van der Waals surface area contributed by atoms with Gasteiger partial charge in [0.2, 0.25) is 5.91 Å². The minimum Gasteiger partial charge on any atom is -0.311 e. The smallest absolute Gasteiger partial charge is 0.264 e. The van der Waals surface area contributed by atoms with Crippen molar-refractivity contribution in [2.24, 2.45) is 7.05 Å². The van der Waals surface area contributed by atoms with Gasteiger partial charge in [-0.1, -0.05) is 19.1 Å². The molecular weight excluding hydrogens is 362 g/mol. The fourth-order valence-corrected chi connectivity index (χ4v) is 4.44. The number of fused-ring (bicyclic) bond motifs is 2. The van der Waals surface area contributed by atoms with Gasteiger partial charge in [0.1, 0.15) is 5.39 Å². The summed E-state index contributed by atoms with van der Waals surface area (Å²) in [6.07, 6.45) is 4.20. The number of benzene rings is 1. The summed E-state index contributed by atoms with van der Waals surface area (Å²) in [5.41, 5.74) is 1.35. The molecule has 8 heteroatoms. The highest BCUT2D eigenvalue weighted by molar-refractivity contribution is 8.00. The molecule has 0 aliphatic carbocycles. The van der Waals surface area contributed by atoms with Crippen LogP contribution in [0.15, 0.2) is 46.5 Å². The first-order chi connectivity index (χ1) is 13.0. The van der Waals surface area contributed by atoms with Crippen LogP contribution in [0, 0.1) is 0 Å². The molecule has 0 unspecified atom stereocenters. The van der Waals surface area contributed by atoms with Crippen LogP contribution in [0.2, 0.25) is 0 Å². The van der Waals surface area contributed by atoms with Crippen LogP contribution in [0.1, 0.15) is 19.8 Å². The van der Waals surface area contributed by atoms with Gasteiger partial charge in [0.15, 0.2) is 5.65 Å². The Morgan fingerprint density at radius 3 is 3.00 bits per heavy atom. The summed E-state index contributed by atoms with van der Waals surface area (Å²) in [5, 5.41) is 5.00. The molecule has 2 aromatic heterocycles. The summed E-state index contributed by atoms with van der Waals surface area (Å²) in [6, 6.07) is 8.02. The fourth-order valence-electron chi connectivity index (χ4n) is 3.32. The van der Waals surface area contributed by atoms with E-state index in [1.54, 1.807) is 23.5 Å². The molecule has 4 rings (SSSR count). The van der Waals surface area contributed by atoms with E-state index in [2.05, 4.69) is 23.1 Å². The van der Waals surface area contributed by atoms with Crippen molar-refractivity contribution in [2.75, 3.05) is 11.4 Å². The molecule has 0 fully saturated rings. The van der Waals surface area contributed by atoms with E-state index >= 15 is 0 Å². The van der Waals surface area contributed by atoms with E-state index in [9.17, 15) is 9.59 Å². The van der Waals surface area contributed by atoms with Gasteiger partial charge in [-0.05, 0) is 18.6 Å². The SMILES string of the molecule is C[C@@H]1CCN(C(=O)CCn2cnc3c(cnn3C)c2=O)c2ccccc2S1. The number of carbonyl (C=O) groups excluding carboxylic acids is 1. The maximum absolute atomic E-state index is 12.9. The number of hydrogen-bond donors (Lipinski definition) is 0. The Morgan fingerprint density at radius 1 is 1.33 bits per heavy atom. The molecule has 3 heterocycles. The number of rotatable bonds is 3. The minimum atomic E-state index is -0.165. The van der Waals surface area contributed by atoms with Gasteiger partial charge in [0.05, 0.1) is 18.2 Å². The molecule has 1 aliphatic rings. The molecule has 27 heavy (non-hydrogen) atoms. The zero-order chi connectivity index (χ0) is 19.0. The average Bonchev–Trinajstić information content (AvgIpc) is 2.95. The van der Waals surface area contributed by atoms with Crippen molar-refractivity contribution in [2.45, 2.75) is 36.5 Å². The van der Waals surface area contributed by atoms with Crippen molar-refractivity contribution in [1.82, 2.24) is 19.3 Å². The van der Waals surface area contributed by atoms with Gasteiger partial charge in [0.25, 0.3) is 5.56 Å². The molecular formula is C19H21N5O2S. The van der Waals surface area contributed by atoms with Crippen LogP contribution in [0.4, 0.5) is 5.69 Å². The first kappa shape index (κ1) is 17.8. The van der Waals surface area contributed by atoms with Crippen LogP contribution < -0.4 is 10.5 Å². The van der Waals surface area contributed by atoms with E-state index in [1.807, 2.05) is 23.1 Å². The van der Waals surface area contributed by atoms with Crippen LogP contribution in [-0.2, 0) is 18.4 Å². The van der Waals surface area contributed by atoms with E-state index in [-0.39, 0.29) is 17.9 Å². The topological polar surface area (TPSA) is 73.0 Å². The number of amides is 1. The van der Waals surface area contributed by atoms with Crippen molar-refractivity contribution >= 4 is 34.4 Å². The molecule has 1 aliphatic heterocycles. The molecule has 0 saturated carbocycles. The zero-order valence-electron chi connectivity index (χ0n) is 15.3.